The quantitative estimate of drug-likeness (QED) is 0.212. The molecule has 0 fully saturated rings. The first-order valence-corrected chi connectivity index (χ1v) is 14.6. The SMILES string of the molecule is [2H]C([2H])([2H])N1C(=C(C)C)N(c2cccc(Oc3ccc4c5ccccc5n(-c5cc(C(C)(C)C)ccn5)c4c3)c2)c2ccccc21. The molecular weight excluding hydrogens is 528 g/mol. The molecule has 5 heteroatoms. The van der Waals surface area contributed by atoms with Crippen LogP contribution in [0.1, 0.15) is 44.3 Å². The van der Waals surface area contributed by atoms with E-state index in [4.69, 9.17) is 13.8 Å². The zero-order chi connectivity index (χ0) is 32.4. The van der Waals surface area contributed by atoms with Gasteiger partial charge in [0.25, 0.3) is 0 Å². The number of hydrogen-bond donors (Lipinski definition) is 0. The molecule has 0 spiro atoms. The van der Waals surface area contributed by atoms with Crippen LogP contribution in [-0.4, -0.2) is 16.5 Å². The van der Waals surface area contributed by atoms with Gasteiger partial charge in [0.15, 0.2) is 0 Å². The van der Waals surface area contributed by atoms with E-state index in [2.05, 4.69) is 73.9 Å². The molecule has 3 heterocycles. The van der Waals surface area contributed by atoms with E-state index in [-0.39, 0.29) is 5.41 Å². The number of para-hydroxylation sites is 3. The van der Waals surface area contributed by atoms with Crippen LogP contribution in [0, 0.1) is 0 Å². The number of rotatable bonds is 4. The van der Waals surface area contributed by atoms with Crippen molar-refractivity contribution in [2.45, 2.75) is 40.0 Å². The molecule has 0 aliphatic carbocycles. The van der Waals surface area contributed by atoms with Crippen LogP contribution < -0.4 is 14.5 Å². The monoisotopic (exact) mass is 567 g/mol. The number of aromatic nitrogens is 2. The van der Waals surface area contributed by atoms with Gasteiger partial charge in [-0.05, 0) is 85.0 Å². The number of fused-ring (bicyclic) bond motifs is 4. The van der Waals surface area contributed by atoms with E-state index in [1.54, 1.807) is 0 Å². The van der Waals surface area contributed by atoms with Crippen molar-refractivity contribution in [2.24, 2.45) is 0 Å². The van der Waals surface area contributed by atoms with Gasteiger partial charge in [0.2, 0.25) is 0 Å². The van der Waals surface area contributed by atoms with Gasteiger partial charge in [-0.15, -0.1) is 0 Å². The summed E-state index contributed by atoms with van der Waals surface area (Å²) in [6, 6.07) is 34.2. The normalized spacial score (nSPS) is 14.5. The summed E-state index contributed by atoms with van der Waals surface area (Å²) in [5, 5.41) is 2.26. The predicted molar refractivity (Wildman–Crippen MR) is 179 cm³/mol. The number of allylic oxidation sites excluding steroid dienone is 1. The highest BCUT2D eigenvalue weighted by Crippen LogP contribution is 2.47. The summed E-state index contributed by atoms with van der Waals surface area (Å²) in [6.07, 6.45) is 1.88. The topological polar surface area (TPSA) is 33.5 Å². The number of hydrogen-bond acceptors (Lipinski definition) is 4. The van der Waals surface area contributed by atoms with Gasteiger partial charge in [-0.2, -0.15) is 0 Å². The molecule has 43 heavy (non-hydrogen) atoms. The number of ether oxygens (including phenoxy) is 1. The van der Waals surface area contributed by atoms with Crippen molar-refractivity contribution in [3.8, 4) is 17.3 Å². The second-order valence-corrected chi connectivity index (χ2v) is 12.3. The van der Waals surface area contributed by atoms with Crippen LogP contribution in [0.15, 0.2) is 121 Å². The Morgan fingerprint density at radius 3 is 2.28 bits per heavy atom. The molecule has 0 N–H and O–H groups in total. The molecule has 0 radical (unpaired) electrons. The van der Waals surface area contributed by atoms with E-state index in [1.165, 1.54) is 10.5 Å². The van der Waals surface area contributed by atoms with Gasteiger partial charge in [0.1, 0.15) is 23.1 Å². The maximum absolute atomic E-state index is 8.32. The van der Waals surface area contributed by atoms with Crippen molar-refractivity contribution < 1.29 is 8.85 Å². The highest BCUT2D eigenvalue weighted by atomic mass is 16.5. The minimum atomic E-state index is -2.35. The van der Waals surface area contributed by atoms with Crippen LogP contribution in [-0.2, 0) is 5.41 Å². The maximum Gasteiger partial charge on any atom is 0.137 e. The predicted octanol–water partition coefficient (Wildman–Crippen LogP) is 10.1. The van der Waals surface area contributed by atoms with Crippen molar-refractivity contribution in [3.05, 3.63) is 126 Å². The lowest BCUT2D eigenvalue weighted by molar-refractivity contribution is 0.483. The third-order valence-electron chi connectivity index (χ3n) is 8.03. The first-order valence-electron chi connectivity index (χ1n) is 16.1. The minimum Gasteiger partial charge on any atom is -0.457 e. The molecule has 0 saturated carbocycles. The van der Waals surface area contributed by atoms with Crippen molar-refractivity contribution in [1.82, 2.24) is 9.55 Å². The van der Waals surface area contributed by atoms with E-state index in [1.807, 2.05) is 79.5 Å². The number of anilines is 3. The molecule has 7 rings (SSSR count). The highest BCUT2D eigenvalue weighted by Gasteiger charge is 2.30. The zero-order valence-electron chi connectivity index (χ0n) is 28.1. The van der Waals surface area contributed by atoms with E-state index in [0.717, 1.165) is 44.6 Å². The average molecular weight is 568 g/mol. The maximum atomic E-state index is 8.32. The Bertz CT molecular complexity index is 2150. The van der Waals surface area contributed by atoms with Gasteiger partial charge >= 0.3 is 0 Å². The summed E-state index contributed by atoms with van der Waals surface area (Å²) in [4.78, 5) is 8.24. The molecule has 6 aromatic rings. The summed E-state index contributed by atoms with van der Waals surface area (Å²) in [5.41, 5.74) is 6.43. The van der Waals surface area contributed by atoms with Gasteiger partial charge in [0.05, 0.1) is 28.1 Å². The van der Waals surface area contributed by atoms with Crippen LogP contribution >= 0.6 is 0 Å². The summed E-state index contributed by atoms with van der Waals surface area (Å²) in [6.45, 7) is 8.15. The minimum absolute atomic E-state index is 0.0164. The molecule has 0 amide bonds. The number of pyridine rings is 1. The molecule has 2 aromatic heterocycles. The molecule has 4 aromatic carbocycles. The lowest BCUT2D eigenvalue weighted by atomic mass is 9.88. The van der Waals surface area contributed by atoms with Crippen LogP contribution in [0.5, 0.6) is 11.5 Å². The van der Waals surface area contributed by atoms with Gasteiger partial charge in [-0.1, -0.05) is 57.2 Å². The molecule has 1 aliphatic rings. The lowest BCUT2D eigenvalue weighted by Crippen LogP contribution is -2.23. The Hall–Kier alpha value is -5.03. The van der Waals surface area contributed by atoms with Crippen molar-refractivity contribution in [1.29, 1.82) is 0 Å². The average Bonchev–Trinajstić information content (AvgIpc) is 3.54. The van der Waals surface area contributed by atoms with E-state index >= 15 is 0 Å². The van der Waals surface area contributed by atoms with Gasteiger partial charge in [-0.25, -0.2) is 4.98 Å². The third kappa shape index (κ3) is 4.52. The highest BCUT2D eigenvalue weighted by molar-refractivity contribution is 6.09. The molecular formula is C38H36N4O. The van der Waals surface area contributed by atoms with E-state index in [9.17, 15) is 0 Å². The molecule has 0 unspecified atom stereocenters. The molecule has 0 bridgehead atoms. The summed E-state index contributed by atoms with van der Waals surface area (Å²) in [7, 11) is 0. The molecule has 1 aliphatic heterocycles. The standard InChI is InChI=1S/C38H36N4O/c1-25(2)37-40(6)33-16-9-10-17-34(33)41(37)27-12-11-13-28(23-27)43-29-18-19-31-30-14-7-8-15-32(30)42(35(31)24-29)36-22-26(20-21-39-36)38(3,4)5/h7-24H,1-6H3/i6D3. The summed E-state index contributed by atoms with van der Waals surface area (Å²) >= 11 is 0. The summed E-state index contributed by atoms with van der Waals surface area (Å²) in [5.74, 6) is 2.81. The van der Waals surface area contributed by atoms with Gasteiger partial charge < -0.3 is 9.64 Å². The van der Waals surface area contributed by atoms with Gasteiger partial charge in [0, 0.05) is 40.2 Å². The summed E-state index contributed by atoms with van der Waals surface area (Å²) < 4.78 is 33.7. The fourth-order valence-electron chi connectivity index (χ4n) is 5.97. The molecule has 5 nitrogen and oxygen atoms in total. The van der Waals surface area contributed by atoms with Gasteiger partial charge in [-0.3, -0.25) is 9.47 Å². The van der Waals surface area contributed by atoms with Crippen molar-refractivity contribution >= 4 is 38.9 Å². The van der Waals surface area contributed by atoms with Crippen LogP contribution in [0.3, 0.4) is 0 Å². The fraction of sp³-hybridized carbons (Fsp3) is 0.184. The fourth-order valence-corrected chi connectivity index (χ4v) is 5.97. The number of nitrogens with zero attached hydrogens (tertiary/aromatic N) is 4. The lowest BCUT2D eigenvalue weighted by Gasteiger charge is -2.25. The number of benzene rings is 4. The van der Waals surface area contributed by atoms with Crippen LogP contribution in [0.4, 0.5) is 17.1 Å². The zero-order valence-corrected chi connectivity index (χ0v) is 25.1. The third-order valence-corrected chi connectivity index (χ3v) is 8.03. The Balaban J connectivity index is 1.31. The van der Waals surface area contributed by atoms with Crippen LogP contribution in [0.2, 0.25) is 0 Å². The Labute approximate surface area is 257 Å². The Morgan fingerprint density at radius 1 is 0.744 bits per heavy atom. The molecule has 214 valence electrons. The van der Waals surface area contributed by atoms with Crippen molar-refractivity contribution in [2.75, 3.05) is 16.8 Å². The van der Waals surface area contributed by atoms with Crippen molar-refractivity contribution in [3.63, 3.8) is 0 Å². The van der Waals surface area contributed by atoms with E-state index in [0.29, 0.717) is 23.0 Å². The molecule has 0 saturated heterocycles. The first-order chi connectivity index (χ1) is 21.9. The Morgan fingerprint density at radius 2 is 1.49 bits per heavy atom. The first kappa shape index (κ1) is 23.5. The Kier molecular flexibility index (Phi) is 5.50. The smallest absolute Gasteiger partial charge is 0.137 e. The second-order valence-electron chi connectivity index (χ2n) is 12.3. The largest absolute Gasteiger partial charge is 0.457 e. The van der Waals surface area contributed by atoms with Crippen LogP contribution in [0.25, 0.3) is 27.6 Å². The molecule has 0 atom stereocenters. The van der Waals surface area contributed by atoms with E-state index < -0.39 is 6.98 Å². The second kappa shape index (κ2) is 10.1.